The molecule has 1 aliphatic heterocycles. The van der Waals surface area contributed by atoms with Gasteiger partial charge in [-0.25, -0.2) is 0 Å². The second-order valence-corrected chi connectivity index (χ2v) is 5.32. The number of piperidine rings is 1. The molecule has 0 saturated carbocycles. The third-order valence-electron chi connectivity index (χ3n) is 3.64. The first kappa shape index (κ1) is 15.0. The van der Waals surface area contributed by atoms with Gasteiger partial charge in [-0.1, -0.05) is 13.8 Å². The lowest BCUT2D eigenvalue weighted by molar-refractivity contribution is -0.142. The minimum Gasteiger partial charge on any atom is -0.357 e. The second-order valence-electron chi connectivity index (χ2n) is 5.32. The topological polar surface area (TPSA) is 75.4 Å². The van der Waals surface area contributed by atoms with Crippen LogP contribution >= 0.6 is 0 Å². The fourth-order valence-electron chi connectivity index (χ4n) is 2.22. The molecule has 2 amide bonds. The zero-order chi connectivity index (χ0) is 13.7. The maximum Gasteiger partial charge on any atom is 0.242 e. The van der Waals surface area contributed by atoms with Crippen LogP contribution in [0.4, 0.5) is 0 Å². The maximum absolute atomic E-state index is 12.2. The Morgan fingerprint density at radius 2 is 2.06 bits per heavy atom. The molecule has 3 N–H and O–H groups in total. The predicted octanol–water partition coefficient (Wildman–Crippen LogP) is 0.487. The molecule has 0 aromatic heterocycles. The van der Waals surface area contributed by atoms with Crippen LogP contribution in [0.3, 0.4) is 0 Å². The number of rotatable bonds is 4. The molecule has 2 unspecified atom stereocenters. The second kappa shape index (κ2) is 6.73. The third-order valence-corrected chi connectivity index (χ3v) is 3.64. The average Bonchev–Trinajstić information content (AvgIpc) is 2.37. The molecule has 0 aromatic carbocycles. The number of nitrogens with zero attached hydrogens (tertiary/aromatic N) is 1. The van der Waals surface area contributed by atoms with E-state index in [1.54, 1.807) is 11.9 Å². The van der Waals surface area contributed by atoms with Crippen LogP contribution in [-0.2, 0) is 9.59 Å². The lowest BCUT2D eigenvalue weighted by Crippen LogP contribution is -2.52. The van der Waals surface area contributed by atoms with Gasteiger partial charge in [-0.2, -0.15) is 0 Å². The number of likely N-dealkylation sites (N-methyl/N-ethyl adjacent to an activating group) is 1. The van der Waals surface area contributed by atoms with Crippen LogP contribution in [0.5, 0.6) is 0 Å². The van der Waals surface area contributed by atoms with Crippen LogP contribution in [0, 0.1) is 5.92 Å². The van der Waals surface area contributed by atoms with E-state index in [4.69, 9.17) is 5.73 Å². The summed E-state index contributed by atoms with van der Waals surface area (Å²) in [5.41, 5.74) is 5.93. The molecule has 0 spiro atoms. The molecule has 0 aliphatic carbocycles. The number of nitrogens with one attached hydrogen (secondary N) is 1. The van der Waals surface area contributed by atoms with Crippen molar-refractivity contribution in [1.29, 1.82) is 0 Å². The van der Waals surface area contributed by atoms with E-state index in [0.717, 1.165) is 19.3 Å². The maximum atomic E-state index is 12.2. The van der Waals surface area contributed by atoms with Gasteiger partial charge in [0.25, 0.3) is 0 Å². The van der Waals surface area contributed by atoms with Gasteiger partial charge in [-0.3, -0.25) is 9.59 Å². The van der Waals surface area contributed by atoms with E-state index in [1.165, 1.54) is 0 Å². The highest BCUT2D eigenvalue weighted by atomic mass is 16.2. The lowest BCUT2D eigenvalue weighted by atomic mass is 9.97. The molecule has 0 aromatic rings. The van der Waals surface area contributed by atoms with Gasteiger partial charge in [-0.05, 0) is 25.2 Å². The first-order valence-electron chi connectivity index (χ1n) is 6.74. The summed E-state index contributed by atoms with van der Waals surface area (Å²) in [4.78, 5) is 25.7. The van der Waals surface area contributed by atoms with Crippen molar-refractivity contribution in [2.75, 3.05) is 13.6 Å². The summed E-state index contributed by atoms with van der Waals surface area (Å²) in [6.07, 6.45) is 3.04. The van der Waals surface area contributed by atoms with Gasteiger partial charge in [-0.15, -0.1) is 0 Å². The Morgan fingerprint density at radius 1 is 1.39 bits per heavy atom. The Morgan fingerprint density at radius 3 is 2.61 bits per heavy atom. The van der Waals surface area contributed by atoms with Crippen molar-refractivity contribution < 1.29 is 9.59 Å². The molecule has 0 radical (unpaired) electrons. The molecule has 2 atom stereocenters. The van der Waals surface area contributed by atoms with Crippen LogP contribution in [0.2, 0.25) is 0 Å². The van der Waals surface area contributed by atoms with Gasteiger partial charge < -0.3 is 16.0 Å². The van der Waals surface area contributed by atoms with E-state index in [-0.39, 0.29) is 29.8 Å². The lowest BCUT2D eigenvalue weighted by Gasteiger charge is -2.35. The van der Waals surface area contributed by atoms with Gasteiger partial charge in [0, 0.05) is 26.1 Å². The van der Waals surface area contributed by atoms with Crippen molar-refractivity contribution >= 4 is 11.8 Å². The molecule has 18 heavy (non-hydrogen) atoms. The van der Waals surface area contributed by atoms with Gasteiger partial charge in [0.05, 0.1) is 0 Å². The van der Waals surface area contributed by atoms with Crippen LogP contribution in [0.25, 0.3) is 0 Å². The minimum absolute atomic E-state index is 0.00417. The Kier molecular flexibility index (Phi) is 5.59. The fourth-order valence-corrected chi connectivity index (χ4v) is 2.22. The smallest absolute Gasteiger partial charge is 0.242 e. The molecule has 1 rings (SSSR count). The standard InChI is InChI=1S/C13H25N3O2/c1-9(2)10(14)8-12(17)16-7-5-4-6-11(16)13(18)15-3/h9-11H,4-8,14H2,1-3H3,(H,15,18). The predicted molar refractivity (Wildman–Crippen MR) is 70.8 cm³/mol. The van der Waals surface area contributed by atoms with Crippen LogP contribution in [0.15, 0.2) is 0 Å². The molecular weight excluding hydrogens is 230 g/mol. The number of likely N-dealkylation sites (tertiary alicyclic amines) is 1. The summed E-state index contributed by atoms with van der Waals surface area (Å²) in [6, 6.07) is -0.444. The highest BCUT2D eigenvalue weighted by molar-refractivity contribution is 5.87. The van der Waals surface area contributed by atoms with E-state index >= 15 is 0 Å². The Bertz CT molecular complexity index is 305. The third kappa shape index (κ3) is 3.70. The monoisotopic (exact) mass is 255 g/mol. The van der Waals surface area contributed by atoms with E-state index in [9.17, 15) is 9.59 Å². The highest BCUT2D eigenvalue weighted by Crippen LogP contribution is 2.19. The Balaban J connectivity index is 2.65. The zero-order valence-electron chi connectivity index (χ0n) is 11.6. The van der Waals surface area contributed by atoms with Crippen molar-refractivity contribution in [2.45, 2.75) is 51.6 Å². The van der Waals surface area contributed by atoms with Gasteiger partial charge in [0.2, 0.25) is 11.8 Å². The fraction of sp³-hybridized carbons (Fsp3) is 0.846. The Hall–Kier alpha value is -1.10. The summed E-state index contributed by atoms with van der Waals surface area (Å²) in [7, 11) is 1.61. The molecule has 5 heteroatoms. The molecular formula is C13H25N3O2. The number of carbonyl (C=O) groups excluding carboxylic acids is 2. The summed E-state index contributed by atoms with van der Waals surface area (Å²) in [5, 5.41) is 2.63. The van der Waals surface area contributed by atoms with Crippen molar-refractivity contribution in [1.82, 2.24) is 10.2 Å². The largest absolute Gasteiger partial charge is 0.357 e. The van der Waals surface area contributed by atoms with Gasteiger partial charge in [0.15, 0.2) is 0 Å². The summed E-state index contributed by atoms with van der Waals surface area (Å²) < 4.78 is 0. The quantitative estimate of drug-likeness (QED) is 0.767. The van der Waals surface area contributed by atoms with E-state index < -0.39 is 0 Å². The number of carbonyl (C=O) groups is 2. The van der Waals surface area contributed by atoms with E-state index in [2.05, 4.69) is 5.32 Å². The molecule has 0 bridgehead atoms. The van der Waals surface area contributed by atoms with Crippen LogP contribution in [-0.4, -0.2) is 42.4 Å². The van der Waals surface area contributed by atoms with Crippen LogP contribution < -0.4 is 11.1 Å². The average molecular weight is 255 g/mol. The summed E-state index contributed by atoms with van der Waals surface area (Å²) in [5.74, 6) is 0.211. The van der Waals surface area contributed by atoms with Gasteiger partial charge in [0.1, 0.15) is 6.04 Å². The number of amides is 2. The zero-order valence-corrected chi connectivity index (χ0v) is 11.6. The number of hydrogen-bond acceptors (Lipinski definition) is 3. The molecule has 1 fully saturated rings. The van der Waals surface area contributed by atoms with Crippen LogP contribution in [0.1, 0.15) is 39.5 Å². The normalized spacial score (nSPS) is 21.8. The molecule has 104 valence electrons. The molecule has 1 aliphatic rings. The first-order chi connectivity index (χ1) is 8.47. The van der Waals surface area contributed by atoms with Crippen molar-refractivity contribution in [3.8, 4) is 0 Å². The van der Waals surface area contributed by atoms with E-state index in [0.29, 0.717) is 13.0 Å². The number of hydrogen-bond donors (Lipinski definition) is 2. The summed E-state index contributed by atoms with van der Waals surface area (Å²) >= 11 is 0. The van der Waals surface area contributed by atoms with Gasteiger partial charge >= 0.3 is 0 Å². The molecule has 5 nitrogen and oxygen atoms in total. The van der Waals surface area contributed by atoms with Crippen molar-refractivity contribution in [3.05, 3.63) is 0 Å². The number of nitrogens with two attached hydrogens (primary N) is 1. The minimum atomic E-state index is -0.310. The highest BCUT2D eigenvalue weighted by Gasteiger charge is 2.32. The summed E-state index contributed by atoms with van der Waals surface area (Å²) in [6.45, 7) is 4.68. The van der Waals surface area contributed by atoms with Crippen molar-refractivity contribution in [3.63, 3.8) is 0 Å². The first-order valence-corrected chi connectivity index (χ1v) is 6.74. The Labute approximate surface area is 109 Å². The van der Waals surface area contributed by atoms with E-state index in [1.807, 2.05) is 13.8 Å². The molecule has 1 saturated heterocycles. The van der Waals surface area contributed by atoms with Crippen molar-refractivity contribution in [2.24, 2.45) is 11.7 Å². The molecule has 1 heterocycles. The SMILES string of the molecule is CNC(=O)C1CCCCN1C(=O)CC(N)C(C)C.